The monoisotopic (exact) mass is 255 g/mol. The van der Waals surface area contributed by atoms with Crippen LogP contribution in [0.5, 0.6) is 0 Å². The maximum Gasteiger partial charge on any atom is 0.306 e. The van der Waals surface area contributed by atoms with Gasteiger partial charge in [-0.05, 0) is 19.3 Å². The highest BCUT2D eigenvalue weighted by molar-refractivity contribution is 5.79. The van der Waals surface area contributed by atoms with Crippen molar-refractivity contribution < 1.29 is 19.4 Å². The zero-order valence-corrected chi connectivity index (χ0v) is 11.0. The number of nitrogens with zero attached hydrogens (tertiary/aromatic N) is 1. The normalized spacial score (nSPS) is 24.0. The molecule has 1 saturated carbocycles. The van der Waals surface area contributed by atoms with E-state index in [1.165, 1.54) is 0 Å². The Kier molecular flexibility index (Phi) is 3.61. The largest absolute Gasteiger partial charge is 0.481 e. The average molecular weight is 255 g/mol. The molecule has 0 aromatic heterocycles. The van der Waals surface area contributed by atoms with Gasteiger partial charge in [0.25, 0.3) is 0 Å². The minimum atomic E-state index is -0.778. The van der Waals surface area contributed by atoms with Gasteiger partial charge < -0.3 is 14.7 Å². The second-order valence-electron chi connectivity index (χ2n) is 5.60. The third-order valence-corrected chi connectivity index (χ3v) is 4.53. The second-order valence-corrected chi connectivity index (χ2v) is 5.60. The van der Waals surface area contributed by atoms with Crippen LogP contribution in [0.2, 0.25) is 0 Å². The molecule has 1 atom stereocenters. The average Bonchev–Trinajstić information content (AvgIpc) is 2.21. The van der Waals surface area contributed by atoms with Crippen LogP contribution in [0.1, 0.15) is 32.6 Å². The van der Waals surface area contributed by atoms with Crippen molar-refractivity contribution >= 4 is 11.9 Å². The van der Waals surface area contributed by atoms with Crippen molar-refractivity contribution in [2.24, 2.45) is 11.8 Å². The molecule has 1 unspecified atom stereocenters. The molecule has 2 fully saturated rings. The van der Waals surface area contributed by atoms with Crippen molar-refractivity contribution in [1.29, 1.82) is 0 Å². The van der Waals surface area contributed by atoms with Gasteiger partial charge in [-0.3, -0.25) is 9.59 Å². The van der Waals surface area contributed by atoms with Gasteiger partial charge in [-0.2, -0.15) is 0 Å². The van der Waals surface area contributed by atoms with Gasteiger partial charge in [0.1, 0.15) is 0 Å². The van der Waals surface area contributed by atoms with Gasteiger partial charge in [0.2, 0.25) is 5.91 Å². The maximum absolute atomic E-state index is 12.0. The van der Waals surface area contributed by atoms with Gasteiger partial charge in [0.05, 0.1) is 17.9 Å². The van der Waals surface area contributed by atoms with Gasteiger partial charge in [0.15, 0.2) is 0 Å². The Balaban J connectivity index is 1.78. The van der Waals surface area contributed by atoms with Gasteiger partial charge in [-0.25, -0.2) is 0 Å². The third-order valence-electron chi connectivity index (χ3n) is 4.53. The van der Waals surface area contributed by atoms with Crippen molar-refractivity contribution in [3.63, 3.8) is 0 Å². The molecule has 1 aliphatic heterocycles. The molecule has 1 amide bonds. The van der Waals surface area contributed by atoms with Crippen LogP contribution in [0.4, 0.5) is 0 Å². The predicted octanol–water partition coefficient (Wildman–Crippen LogP) is 1.12. The lowest BCUT2D eigenvalue weighted by Gasteiger charge is -2.45. The minimum absolute atomic E-state index is 0.102. The maximum atomic E-state index is 12.0. The van der Waals surface area contributed by atoms with Crippen LogP contribution in [0.3, 0.4) is 0 Å². The van der Waals surface area contributed by atoms with E-state index in [9.17, 15) is 9.59 Å². The van der Waals surface area contributed by atoms with Crippen molar-refractivity contribution in [1.82, 2.24) is 4.90 Å². The first-order valence-electron chi connectivity index (χ1n) is 6.53. The molecule has 5 nitrogen and oxygen atoms in total. The molecule has 1 heterocycles. The lowest BCUT2D eigenvalue weighted by atomic mass is 9.76. The van der Waals surface area contributed by atoms with Crippen LogP contribution in [0.25, 0.3) is 0 Å². The molecule has 0 radical (unpaired) electrons. The Morgan fingerprint density at radius 2 is 2.06 bits per heavy atom. The molecule has 1 saturated heterocycles. The number of methoxy groups -OCH3 is 1. The standard InChI is InChI=1S/C13H21NO4/c1-9(12(16)17)10-7-14(8-10)11(15)6-13(18-2)4-3-5-13/h9-10H,3-8H2,1-2H3,(H,16,17). The topological polar surface area (TPSA) is 66.8 Å². The zero-order valence-electron chi connectivity index (χ0n) is 11.0. The van der Waals surface area contributed by atoms with Crippen LogP contribution in [-0.2, 0) is 14.3 Å². The molecule has 1 N–H and O–H groups in total. The smallest absolute Gasteiger partial charge is 0.306 e. The molecular formula is C13H21NO4. The van der Waals surface area contributed by atoms with Crippen LogP contribution in [0.15, 0.2) is 0 Å². The van der Waals surface area contributed by atoms with Crippen molar-refractivity contribution in [2.45, 2.75) is 38.2 Å². The van der Waals surface area contributed by atoms with Crippen LogP contribution < -0.4 is 0 Å². The zero-order chi connectivity index (χ0) is 13.3. The number of ether oxygens (including phenoxy) is 1. The van der Waals surface area contributed by atoms with E-state index in [0.717, 1.165) is 19.3 Å². The molecule has 18 heavy (non-hydrogen) atoms. The highest BCUT2D eigenvalue weighted by Gasteiger charge is 2.43. The highest BCUT2D eigenvalue weighted by Crippen LogP contribution is 2.39. The predicted molar refractivity (Wildman–Crippen MR) is 65.1 cm³/mol. The third kappa shape index (κ3) is 2.36. The number of amides is 1. The number of aliphatic carboxylic acids is 1. The highest BCUT2D eigenvalue weighted by atomic mass is 16.5. The summed E-state index contributed by atoms with van der Waals surface area (Å²) in [6.45, 7) is 2.86. The molecule has 5 heteroatoms. The summed E-state index contributed by atoms with van der Waals surface area (Å²) in [6, 6.07) is 0. The molecule has 2 rings (SSSR count). The Morgan fingerprint density at radius 3 is 2.44 bits per heavy atom. The lowest BCUT2D eigenvalue weighted by molar-refractivity contribution is -0.156. The van der Waals surface area contributed by atoms with Gasteiger partial charge in [-0.15, -0.1) is 0 Å². The summed E-state index contributed by atoms with van der Waals surface area (Å²) in [7, 11) is 1.66. The van der Waals surface area contributed by atoms with E-state index in [0.29, 0.717) is 19.5 Å². The van der Waals surface area contributed by atoms with E-state index in [4.69, 9.17) is 9.84 Å². The Bertz CT molecular complexity index is 339. The molecule has 102 valence electrons. The Labute approximate surface area is 107 Å². The van der Waals surface area contributed by atoms with E-state index in [1.54, 1.807) is 18.9 Å². The van der Waals surface area contributed by atoms with E-state index in [2.05, 4.69) is 0 Å². The fraction of sp³-hybridized carbons (Fsp3) is 0.846. The molecule has 0 aromatic rings. The molecule has 2 aliphatic rings. The quantitative estimate of drug-likeness (QED) is 0.799. The number of carboxylic acids is 1. The number of likely N-dealkylation sites (tertiary alicyclic amines) is 1. The van der Waals surface area contributed by atoms with Crippen LogP contribution >= 0.6 is 0 Å². The van der Waals surface area contributed by atoms with E-state index >= 15 is 0 Å². The first-order chi connectivity index (χ1) is 8.47. The van der Waals surface area contributed by atoms with Gasteiger partial charge in [0, 0.05) is 26.1 Å². The number of carboxylic acid groups (broad SMARTS) is 1. The number of carbonyl (C=O) groups is 2. The van der Waals surface area contributed by atoms with Gasteiger partial charge >= 0.3 is 5.97 Å². The fourth-order valence-electron chi connectivity index (χ4n) is 2.65. The van der Waals surface area contributed by atoms with E-state index in [-0.39, 0.29) is 23.3 Å². The molecule has 1 aliphatic carbocycles. The first kappa shape index (κ1) is 13.3. The summed E-state index contributed by atoms with van der Waals surface area (Å²) >= 11 is 0. The summed E-state index contributed by atoms with van der Waals surface area (Å²) < 4.78 is 5.43. The number of rotatable bonds is 5. The molecule has 0 bridgehead atoms. The lowest BCUT2D eigenvalue weighted by Crippen LogP contribution is -2.55. The minimum Gasteiger partial charge on any atom is -0.481 e. The van der Waals surface area contributed by atoms with Crippen molar-refractivity contribution in [2.75, 3.05) is 20.2 Å². The van der Waals surface area contributed by atoms with Crippen LogP contribution in [0, 0.1) is 11.8 Å². The first-order valence-corrected chi connectivity index (χ1v) is 6.53. The Hall–Kier alpha value is -1.10. The summed E-state index contributed by atoms with van der Waals surface area (Å²) in [6.07, 6.45) is 3.48. The van der Waals surface area contributed by atoms with Crippen LogP contribution in [-0.4, -0.2) is 47.7 Å². The Morgan fingerprint density at radius 1 is 1.44 bits per heavy atom. The van der Waals surface area contributed by atoms with E-state index in [1.807, 2.05) is 0 Å². The van der Waals surface area contributed by atoms with Crippen molar-refractivity contribution in [3.05, 3.63) is 0 Å². The number of hydrogen-bond donors (Lipinski definition) is 1. The van der Waals surface area contributed by atoms with Gasteiger partial charge in [-0.1, -0.05) is 6.92 Å². The van der Waals surface area contributed by atoms with Crippen molar-refractivity contribution in [3.8, 4) is 0 Å². The molecule has 0 aromatic carbocycles. The van der Waals surface area contributed by atoms with E-state index < -0.39 is 5.97 Å². The molecule has 0 spiro atoms. The number of carbonyl (C=O) groups excluding carboxylic acids is 1. The summed E-state index contributed by atoms with van der Waals surface area (Å²) in [5, 5.41) is 8.89. The summed E-state index contributed by atoms with van der Waals surface area (Å²) in [5.74, 6) is -0.940. The fourth-order valence-corrected chi connectivity index (χ4v) is 2.65. The summed E-state index contributed by atoms with van der Waals surface area (Å²) in [4.78, 5) is 24.6. The molecular weight excluding hydrogens is 234 g/mol. The number of hydrogen-bond acceptors (Lipinski definition) is 3. The second kappa shape index (κ2) is 4.88. The SMILES string of the molecule is COC1(CC(=O)N2CC(C(C)C(=O)O)C2)CCC1. The summed E-state index contributed by atoms with van der Waals surface area (Å²) in [5.41, 5.74) is -0.236.